The molecule has 0 fully saturated rings. The van der Waals surface area contributed by atoms with Crippen molar-refractivity contribution in [2.24, 2.45) is 0 Å². The minimum Gasteiger partial charge on any atom is -0.474 e. The zero-order valence-corrected chi connectivity index (χ0v) is 10.0. The highest BCUT2D eigenvalue weighted by molar-refractivity contribution is 9.10. The number of nitrogens with zero attached hydrogens (tertiary/aromatic N) is 3. The molecule has 0 saturated carbocycles. The predicted molar refractivity (Wildman–Crippen MR) is 60.9 cm³/mol. The number of pyridine rings is 1. The highest BCUT2D eigenvalue weighted by Gasteiger charge is 2.11. The largest absolute Gasteiger partial charge is 0.474 e. The van der Waals surface area contributed by atoms with Crippen molar-refractivity contribution in [1.29, 1.82) is 0 Å². The quantitative estimate of drug-likeness (QED) is 0.905. The Bertz CT molecular complexity index is 494. The van der Waals surface area contributed by atoms with E-state index in [0.717, 1.165) is 4.47 Å². The van der Waals surface area contributed by atoms with Gasteiger partial charge in [0.1, 0.15) is 0 Å². The van der Waals surface area contributed by atoms with E-state index in [1.807, 2.05) is 26.0 Å². The number of aromatic nitrogens is 3. The Morgan fingerprint density at radius 2 is 2.20 bits per heavy atom. The summed E-state index contributed by atoms with van der Waals surface area (Å²) in [7, 11) is 0. The number of nitrogen functional groups attached to an aromatic ring is 1. The van der Waals surface area contributed by atoms with Gasteiger partial charge in [-0.1, -0.05) is 0 Å². The molecule has 2 rings (SSSR count). The molecule has 5 nitrogen and oxygen atoms in total. The molecule has 0 bridgehead atoms. The van der Waals surface area contributed by atoms with Crippen LogP contribution in [0.15, 0.2) is 16.6 Å². The van der Waals surface area contributed by atoms with Crippen molar-refractivity contribution < 1.29 is 4.74 Å². The Balaban J connectivity index is 2.62. The summed E-state index contributed by atoms with van der Waals surface area (Å²) in [5.74, 6) is 0.855. The molecule has 0 amide bonds. The van der Waals surface area contributed by atoms with Crippen LogP contribution >= 0.6 is 15.9 Å². The van der Waals surface area contributed by atoms with Crippen LogP contribution in [-0.4, -0.2) is 20.7 Å². The lowest BCUT2D eigenvalue weighted by Gasteiger charge is -2.11. The van der Waals surface area contributed by atoms with Crippen LogP contribution in [0.5, 0.6) is 5.88 Å². The molecule has 2 N–H and O–H groups in total. The molecule has 0 aromatic carbocycles. The zero-order chi connectivity index (χ0) is 11.0. The molecule has 2 aromatic heterocycles. The molecule has 2 heterocycles. The maximum absolute atomic E-state index is 5.63. The Morgan fingerprint density at radius 3 is 2.87 bits per heavy atom. The topological polar surface area (TPSA) is 65.4 Å². The first-order valence-electron chi connectivity index (χ1n) is 4.55. The van der Waals surface area contributed by atoms with Gasteiger partial charge in [0.05, 0.1) is 10.6 Å². The van der Waals surface area contributed by atoms with Crippen LogP contribution in [0.4, 0.5) is 5.95 Å². The smallest absolute Gasteiger partial charge is 0.240 e. The number of hydrogen-bond acceptors (Lipinski definition) is 4. The van der Waals surface area contributed by atoms with Crippen LogP contribution in [0, 0.1) is 0 Å². The van der Waals surface area contributed by atoms with Gasteiger partial charge >= 0.3 is 0 Å². The van der Waals surface area contributed by atoms with E-state index in [0.29, 0.717) is 11.5 Å². The molecule has 0 atom stereocenters. The summed E-state index contributed by atoms with van der Waals surface area (Å²) in [5, 5.41) is 4.06. The second kappa shape index (κ2) is 3.69. The van der Waals surface area contributed by atoms with Gasteiger partial charge in [-0.2, -0.15) is 9.50 Å². The third-order valence-corrected chi connectivity index (χ3v) is 2.37. The van der Waals surface area contributed by atoms with E-state index in [9.17, 15) is 0 Å². The van der Waals surface area contributed by atoms with Crippen molar-refractivity contribution in [3.63, 3.8) is 0 Å². The van der Waals surface area contributed by atoms with Crippen LogP contribution in [0.1, 0.15) is 13.8 Å². The van der Waals surface area contributed by atoms with Gasteiger partial charge < -0.3 is 10.5 Å². The van der Waals surface area contributed by atoms with Crippen LogP contribution in [0.2, 0.25) is 0 Å². The second-order valence-electron chi connectivity index (χ2n) is 3.39. The molecule has 0 aliphatic rings. The van der Waals surface area contributed by atoms with Gasteiger partial charge in [-0.05, 0) is 41.9 Å². The molecule has 0 spiro atoms. The number of ether oxygens (including phenoxy) is 1. The van der Waals surface area contributed by atoms with E-state index in [1.54, 1.807) is 4.52 Å². The van der Waals surface area contributed by atoms with Crippen molar-refractivity contribution in [2.75, 3.05) is 5.73 Å². The van der Waals surface area contributed by atoms with E-state index < -0.39 is 0 Å². The molecule has 6 heteroatoms. The normalized spacial score (nSPS) is 11.2. The fourth-order valence-electron chi connectivity index (χ4n) is 1.25. The second-order valence-corrected chi connectivity index (χ2v) is 4.25. The van der Waals surface area contributed by atoms with Gasteiger partial charge in [-0.3, -0.25) is 0 Å². The van der Waals surface area contributed by atoms with Crippen LogP contribution in [0.3, 0.4) is 0 Å². The predicted octanol–water partition coefficient (Wildman–Crippen LogP) is 1.86. The molecule has 2 aromatic rings. The van der Waals surface area contributed by atoms with Crippen molar-refractivity contribution >= 4 is 27.5 Å². The SMILES string of the molecule is CC(C)Oc1c(Br)ccc2nc(N)nn12. The Labute approximate surface area is 95.4 Å². The fourth-order valence-corrected chi connectivity index (χ4v) is 1.64. The van der Waals surface area contributed by atoms with E-state index in [-0.39, 0.29) is 12.1 Å². The van der Waals surface area contributed by atoms with Gasteiger partial charge in [-0.25, -0.2) is 0 Å². The Morgan fingerprint density at radius 1 is 1.47 bits per heavy atom. The molecule has 0 aliphatic carbocycles. The van der Waals surface area contributed by atoms with Gasteiger partial charge in [0.2, 0.25) is 11.8 Å². The lowest BCUT2D eigenvalue weighted by Crippen LogP contribution is -2.10. The summed E-state index contributed by atoms with van der Waals surface area (Å²) in [4.78, 5) is 4.05. The van der Waals surface area contributed by atoms with E-state index in [4.69, 9.17) is 10.5 Å². The highest BCUT2D eigenvalue weighted by atomic mass is 79.9. The molecular formula is C9H11BrN4O. The van der Waals surface area contributed by atoms with Crippen molar-refractivity contribution in [3.05, 3.63) is 16.6 Å². The Hall–Kier alpha value is -1.30. The van der Waals surface area contributed by atoms with Gasteiger partial charge in [0.15, 0.2) is 5.65 Å². The van der Waals surface area contributed by atoms with Crippen molar-refractivity contribution in [3.8, 4) is 5.88 Å². The average molecular weight is 271 g/mol. The zero-order valence-electron chi connectivity index (χ0n) is 8.44. The van der Waals surface area contributed by atoms with Gasteiger partial charge in [-0.15, -0.1) is 5.10 Å². The highest BCUT2D eigenvalue weighted by Crippen LogP contribution is 2.26. The number of halogens is 1. The summed E-state index contributed by atoms with van der Waals surface area (Å²) in [6.45, 7) is 3.90. The lowest BCUT2D eigenvalue weighted by atomic mass is 10.4. The summed E-state index contributed by atoms with van der Waals surface area (Å²) in [6, 6.07) is 3.68. The van der Waals surface area contributed by atoms with E-state index in [2.05, 4.69) is 26.0 Å². The minimum atomic E-state index is 0.0670. The monoisotopic (exact) mass is 270 g/mol. The molecule has 0 aliphatic heterocycles. The summed E-state index contributed by atoms with van der Waals surface area (Å²) < 4.78 is 8.04. The first-order valence-corrected chi connectivity index (χ1v) is 5.34. The van der Waals surface area contributed by atoms with Crippen LogP contribution in [0.25, 0.3) is 5.65 Å². The molecule has 15 heavy (non-hydrogen) atoms. The molecular weight excluding hydrogens is 260 g/mol. The Kier molecular flexibility index (Phi) is 2.52. The standard InChI is InChI=1S/C9H11BrN4O/c1-5(2)15-8-6(10)3-4-7-12-9(11)13-14(7)8/h3-5H,1-2H3,(H2,11,13). The molecule has 80 valence electrons. The number of fused-ring (bicyclic) bond motifs is 1. The average Bonchev–Trinajstić information content (AvgIpc) is 2.51. The summed E-state index contributed by atoms with van der Waals surface area (Å²) >= 11 is 3.40. The fraction of sp³-hybridized carbons (Fsp3) is 0.333. The summed E-state index contributed by atoms with van der Waals surface area (Å²) in [6.07, 6.45) is 0.0670. The van der Waals surface area contributed by atoms with Crippen molar-refractivity contribution in [1.82, 2.24) is 14.6 Å². The lowest BCUT2D eigenvalue weighted by molar-refractivity contribution is 0.225. The van der Waals surface area contributed by atoms with Gasteiger partial charge in [0, 0.05) is 0 Å². The maximum atomic E-state index is 5.63. The van der Waals surface area contributed by atoms with E-state index >= 15 is 0 Å². The molecule has 0 radical (unpaired) electrons. The number of anilines is 1. The van der Waals surface area contributed by atoms with Crippen LogP contribution in [-0.2, 0) is 0 Å². The van der Waals surface area contributed by atoms with Gasteiger partial charge in [0.25, 0.3) is 0 Å². The van der Waals surface area contributed by atoms with Crippen molar-refractivity contribution in [2.45, 2.75) is 20.0 Å². The van der Waals surface area contributed by atoms with Crippen LogP contribution < -0.4 is 10.5 Å². The molecule has 0 unspecified atom stereocenters. The summed E-state index contributed by atoms with van der Waals surface area (Å²) in [5.41, 5.74) is 6.20. The number of rotatable bonds is 2. The minimum absolute atomic E-state index is 0.0670. The number of hydrogen-bond donors (Lipinski definition) is 1. The van der Waals surface area contributed by atoms with E-state index in [1.165, 1.54) is 0 Å². The first-order chi connectivity index (χ1) is 7.08. The number of nitrogens with two attached hydrogens (primary N) is 1. The third-order valence-electron chi connectivity index (χ3n) is 1.77. The molecule has 0 saturated heterocycles. The maximum Gasteiger partial charge on any atom is 0.240 e. The first kappa shape index (κ1) is 10.2. The third kappa shape index (κ3) is 1.90.